The average molecular weight is 449 g/mol. The normalized spacial score (nSPS) is 17.7. The molecule has 32 heavy (non-hydrogen) atoms. The highest BCUT2D eigenvalue weighted by Gasteiger charge is 2.31. The van der Waals surface area contributed by atoms with Gasteiger partial charge in [-0.1, -0.05) is 12.1 Å². The van der Waals surface area contributed by atoms with E-state index < -0.39 is 11.7 Å². The molecule has 1 atom stereocenters. The monoisotopic (exact) mass is 449 g/mol. The number of hydrogen-bond donors (Lipinski definition) is 2. The molecule has 4 rings (SSSR count). The van der Waals surface area contributed by atoms with Gasteiger partial charge in [-0.2, -0.15) is 13.2 Å². The summed E-state index contributed by atoms with van der Waals surface area (Å²) < 4.78 is 49.6. The van der Waals surface area contributed by atoms with Crippen LogP contribution in [-0.4, -0.2) is 56.2 Å². The molecule has 7 nitrogen and oxygen atoms in total. The van der Waals surface area contributed by atoms with Gasteiger partial charge >= 0.3 is 6.18 Å². The van der Waals surface area contributed by atoms with Gasteiger partial charge in [0.05, 0.1) is 30.5 Å². The van der Waals surface area contributed by atoms with Crippen molar-refractivity contribution in [3.63, 3.8) is 0 Å². The van der Waals surface area contributed by atoms with Crippen LogP contribution in [0.1, 0.15) is 27.5 Å². The number of hydrogen-bond acceptors (Lipinski definition) is 5. The number of benzene rings is 2. The quantitative estimate of drug-likeness (QED) is 0.734. The van der Waals surface area contributed by atoms with E-state index in [-0.39, 0.29) is 31.0 Å². The molecular weight excluding hydrogens is 427 g/mol. The van der Waals surface area contributed by atoms with Crippen molar-refractivity contribution < 1.29 is 32.2 Å². The van der Waals surface area contributed by atoms with Crippen LogP contribution < -0.4 is 15.4 Å². The Morgan fingerprint density at radius 2 is 1.84 bits per heavy atom. The summed E-state index contributed by atoms with van der Waals surface area (Å²) in [5, 5.41) is 5.53. The highest BCUT2D eigenvalue weighted by atomic mass is 19.4. The Morgan fingerprint density at radius 1 is 1.12 bits per heavy atom. The lowest BCUT2D eigenvalue weighted by Gasteiger charge is -2.35. The van der Waals surface area contributed by atoms with Crippen LogP contribution in [0.2, 0.25) is 0 Å². The Balaban J connectivity index is 1.49. The summed E-state index contributed by atoms with van der Waals surface area (Å²) in [6.07, 6.45) is -4.41. The first kappa shape index (κ1) is 22.1. The second kappa shape index (κ2) is 9.17. The third kappa shape index (κ3) is 5.03. The molecule has 1 fully saturated rings. The highest BCUT2D eigenvalue weighted by molar-refractivity contribution is 5.99. The number of nitrogens with one attached hydrogen (secondary N) is 2. The van der Waals surface area contributed by atoms with Crippen molar-refractivity contribution in [2.75, 3.05) is 44.8 Å². The molecule has 170 valence electrons. The standard InChI is InChI=1S/C22H22F3N3O4/c23-22(24,25)16-4-1-14(2-5-16)18(28-7-9-31-10-8-28)12-26-21(30)15-3-6-17-19(11-15)32-13-20(29)27-17/h1-6,11,18H,7-10,12-13H2,(H,26,30)(H,27,29). The van der Waals surface area contributed by atoms with Crippen molar-refractivity contribution in [3.8, 4) is 5.75 Å². The topological polar surface area (TPSA) is 79.9 Å². The van der Waals surface area contributed by atoms with Gasteiger partial charge in [-0.3, -0.25) is 14.5 Å². The molecule has 2 aliphatic rings. The average Bonchev–Trinajstić information content (AvgIpc) is 2.79. The summed E-state index contributed by atoms with van der Waals surface area (Å²) in [5.74, 6) is -0.206. The van der Waals surface area contributed by atoms with Crippen molar-refractivity contribution in [2.45, 2.75) is 12.2 Å². The van der Waals surface area contributed by atoms with E-state index in [1.807, 2.05) is 0 Å². The number of morpholine rings is 1. The van der Waals surface area contributed by atoms with Crippen molar-refractivity contribution in [1.82, 2.24) is 10.2 Å². The minimum atomic E-state index is -4.41. The molecule has 1 saturated heterocycles. The second-order valence-electron chi connectivity index (χ2n) is 7.54. The largest absolute Gasteiger partial charge is 0.482 e. The van der Waals surface area contributed by atoms with Crippen LogP contribution in [0.4, 0.5) is 18.9 Å². The van der Waals surface area contributed by atoms with Gasteiger partial charge < -0.3 is 20.1 Å². The number of ether oxygens (including phenoxy) is 2. The first-order valence-electron chi connectivity index (χ1n) is 10.1. The zero-order valence-corrected chi connectivity index (χ0v) is 17.1. The van der Waals surface area contributed by atoms with Crippen molar-refractivity contribution >= 4 is 17.5 Å². The molecular formula is C22H22F3N3O4. The summed E-state index contributed by atoms with van der Waals surface area (Å²) in [6, 6.07) is 9.42. The van der Waals surface area contributed by atoms with E-state index >= 15 is 0 Å². The molecule has 0 bridgehead atoms. The Hall–Kier alpha value is -3.11. The van der Waals surface area contributed by atoms with E-state index in [4.69, 9.17) is 9.47 Å². The SMILES string of the molecule is O=C1COc2cc(C(=O)NCC(c3ccc(C(F)(F)F)cc3)N3CCOCC3)ccc2N1. The lowest BCUT2D eigenvalue weighted by Crippen LogP contribution is -2.43. The molecule has 2 amide bonds. The van der Waals surface area contributed by atoms with Gasteiger partial charge in [-0.15, -0.1) is 0 Å². The van der Waals surface area contributed by atoms with Crippen LogP contribution in [0, 0.1) is 0 Å². The van der Waals surface area contributed by atoms with Gasteiger partial charge in [0.2, 0.25) is 0 Å². The number of anilines is 1. The lowest BCUT2D eigenvalue weighted by molar-refractivity contribution is -0.137. The minimum Gasteiger partial charge on any atom is -0.482 e. The number of halogens is 3. The van der Waals surface area contributed by atoms with E-state index in [0.29, 0.717) is 48.9 Å². The maximum atomic E-state index is 12.9. The molecule has 2 aromatic carbocycles. The summed E-state index contributed by atoms with van der Waals surface area (Å²) in [4.78, 5) is 26.2. The molecule has 1 unspecified atom stereocenters. The van der Waals surface area contributed by atoms with E-state index in [1.165, 1.54) is 12.1 Å². The van der Waals surface area contributed by atoms with Crippen LogP contribution >= 0.6 is 0 Å². The van der Waals surface area contributed by atoms with Crippen molar-refractivity contribution in [3.05, 3.63) is 59.2 Å². The van der Waals surface area contributed by atoms with Crippen LogP contribution in [0.25, 0.3) is 0 Å². The van der Waals surface area contributed by atoms with Crippen LogP contribution in [0.5, 0.6) is 5.75 Å². The Kier molecular flexibility index (Phi) is 6.33. The fraction of sp³-hybridized carbons (Fsp3) is 0.364. The minimum absolute atomic E-state index is 0.120. The van der Waals surface area contributed by atoms with Gasteiger partial charge in [0, 0.05) is 25.2 Å². The fourth-order valence-electron chi connectivity index (χ4n) is 3.75. The molecule has 10 heteroatoms. The van der Waals surface area contributed by atoms with Crippen LogP contribution in [0.15, 0.2) is 42.5 Å². The molecule has 2 aliphatic heterocycles. The first-order valence-corrected chi connectivity index (χ1v) is 10.1. The second-order valence-corrected chi connectivity index (χ2v) is 7.54. The molecule has 2 heterocycles. The molecule has 0 spiro atoms. The van der Waals surface area contributed by atoms with Crippen molar-refractivity contribution in [1.29, 1.82) is 0 Å². The van der Waals surface area contributed by atoms with Crippen LogP contribution in [-0.2, 0) is 15.7 Å². The van der Waals surface area contributed by atoms with Gasteiger partial charge in [0.15, 0.2) is 6.61 Å². The fourth-order valence-corrected chi connectivity index (χ4v) is 3.75. The predicted molar refractivity (Wildman–Crippen MR) is 109 cm³/mol. The number of carbonyl (C=O) groups is 2. The third-order valence-electron chi connectivity index (χ3n) is 5.44. The number of nitrogens with zero attached hydrogens (tertiary/aromatic N) is 1. The zero-order chi connectivity index (χ0) is 22.7. The van der Waals surface area contributed by atoms with Gasteiger partial charge in [-0.05, 0) is 35.9 Å². The lowest BCUT2D eigenvalue weighted by atomic mass is 10.0. The maximum Gasteiger partial charge on any atom is 0.416 e. The highest BCUT2D eigenvalue weighted by Crippen LogP contribution is 2.31. The molecule has 2 aromatic rings. The van der Waals surface area contributed by atoms with Gasteiger partial charge in [0.1, 0.15) is 5.75 Å². The predicted octanol–water partition coefficient (Wildman–Crippen LogP) is 2.84. The summed E-state index contributed by atoms with van der Waals surface area (Å²) >= 11 is 0. The summed E-state index contributed by atoms with van der Waals surface area (Å²) in [7, 11) is 0. The van der Waals surface area contributed by atoms with E-state index in [0.717, 1.165) is 12.1 Å². The van der Waals surface area contributed by atoms with Gasteiger partial charge in [-0.25, -0.2) is 0 Å². The number of rotatable bonds is 5. The maximum absolute atomic E-state index is 12.9. The first-order chi connectivity index (χ1) is 15.3. The number of amides is 2. The van der Waals surface area contributed by atoms with E-state index in [1.54, 1.807) is 18.2 Å². The number of alkyl halides is 3. The van der Waals surface area contributed by atoms with Crippen LogP contribution in [0.3, 0.4) is 0 Å². The summed E-state index contributed by atoms with van der Waals surface area (Å²) in [5.41, 5.74) is 0.811. The number of carbonyl (C=O) groups excluding carboxylic acids is 2. The van der Waals surface area contributed by atoms with E-state index in [9.17, 15) is 22.8 Å². The molecule has 0 aliphatic carbocycles. The van der Waals surface area contributed by atoms with E-state index in [2.05, 4.69) is 15.5 Å². The Bertz CT molecular complexity index is 989. The third-order valence-corrected chi connectivity index (χ3v) is 5.44. The molecule has 0 radical (unpaired) electrons. The smallest absolute Gasteiger partial charge is 0.416 e. The molecule has 0 aromatic heterocycles. The number of fused-ring (bicyclic) bond motifs is 1. The van der Waals surface area contributed by atoms with Crippen molar-refractivity contribution in [2.24, 2.45) is 0 Å². The Labute approximate surface area is 182 Å². The Morgan fingerprint density at radius 3 is 2.53 bits per heavy atom. The van der Waals surface area contributed by atoms with Gasteiger partial charge in [0.25, 0.3) is 11.8 Å². The summed E-state index contributed by atoms with van der Waals surface area (Å²) in [6.45, 7) is 2.32. The zero-order valence-electron chi connectivity index (χ0n) is 17.1. The molecule has 0 saturated carbocycles. The molecule has 2 N–H and O–H groups in total.